The minimum absolute atomic E-state index is 0.0908. The first-order valence-electron chi connectivity index (χ1n) is 6.08. The molecule has 0 aliphatic carbocycles. The van der Waals surface area contributed by atoms with Crippen molar-refractivity contribution < 1.29 is 9.66 Å². The standard InChI is InChI=1S/C13H15N5O3/c1-17(2)9-4-3-5-11(6-9)21-13-8-10(18(19)20)7-12(15-13)16-14/h3-8H,14H2,1-2H3,(H,15,16). The highest BCUT2D eigenvalue weighted by atomic mass is 16.6. The van der Waals surface area contributed by atoms with E-state index < -0.39 is 4.92 Å². The zero-order valence-corrected chi connectivity index (χ0v) is 11.6. The Hall–Kier alpha value is -2.87. The van der Waals surface area contributed by atoms with E-state index in [2.05, 4.69) is 10.4 Å². The molecule has 0 unspecified atom stereocenters. The van der Waals surface area contributed by atoms with E-state index in [1.807, 2.05) is 31.1 Å². The third-order valence-corrected chi connectivity index (χ3v) is 2.70. The molecule has 3 N–H and O–H groups in total. The average molecular weight is 289 g/mol. The molecule has 0 bridgehead atoms. The van der Waals surface area contributed by atoms with Gasteiger partial charge in [-0.15, -0.1) is 0 Å². The number of anilines is 2. The van der Waals surface area contributed by atoms with Crippen LogP contribution in [-0.4, -0.2) is 24.0 Å². The number of hydrazine groups is 1. The van der Waals surface area contributed by atoms with Gasteiger partial charge in [0.2, 0.25) is 5.88 Å². The largest absolute Gasteiger partial charge is 0.439 e. The van der Waals surface area contributed by atoms with Crippen molar-refractivity contribution in [2.75, 3.05) is 24.4 Å². The normalized spacial score (nSPS) is 10.0. The number of nitro groups is 1. The Morgan fingerprint density at radius 2 is 2.10 bits per heavy atom. The number of nitrogens with zero attached hydrogens (tertiary/aromatic N) is 3. The van der Waals surface area contributed by atoms with E-state index in [1.165, 1.54) is 12.1 Å². The maximum atomic E-state index is 10.9. The topological polar surface area (TPSA) is 107 Å². The molecule has 1 aromatic carbocycles. The number of pyridine rings is 1. The summed E-state index contributed by atoms with van der Waals surface area (Å²) in [5, 5.41) is 10.9. The van der Waals surface area contributed by atoms with Crippen LogP contribution in [0.4, 0.5) is 17.2 Å². The lowest BCUT2D eigenvalue weighted by Crippen LogP contribution is -2.09. The van der Waals surface area contributed by atoms with E-state index in [-0.39, 0.29) is 17.4 Å². The van der Waals surface area contributed by atoms with Crippen LogP contribution in [0.25, 0.3) is 0 Å². The van der Waals surface area contributed by atoms with Crippen LogP contribution in [0.3, 0.4) is 0 Å². The Morgan fingerprint density at radius 1 is 1.33 bits per heavy atom. The Bertz CT molecular complexity index is 660. The average Bonchev–Trinajstić information content (AvgIpc) is 2.47. The molecular formula is C13H15N5O3. The molecule has 0 amide bonds. The van der Waals surface area contributed by atoms with Crippen molar-refractivity contribution in [2.24, 2.45) is 5.84 Å². The summed E-state index contributed by atoms with van der Waals surface area (Å²) in [6, 6.07) is 9.75. The zero-order valence-electron chi connectivity index (χ0n) is 11.6. The molecule has 0 atom stereocenters. The summed E-state index contributed by atoms with van der Waals surface area (Å²) < 4.78 is 5.56. The van der Waals surface area contributed by atoms with Crippen molar-refractivity contribution in [3.05, 3.63) is 46.5 Å². The molecule has 110 valence electrons. The number of ether oxygens (including phenoxy) is 1. The van der Waals surface area contributed by atoms with E-state index in [1.54, 1.807) is 12.1 Å². The van der Waals surface area contributed by atoms with Gasteiger partial charge in [0.15, 0.2) is 5.82 Å². The highest BCUT2D eigenvalue weighted by molar-refractivity contribution is 5.52. The number of nitrogens with one attached hydrogen (secondary N) is 1. The molecule has 2 rings (SSSR count). The predicted octanol–water partition coefficient (Wildman–Crippen LogP) is 2.13. The molecule has 8 heteroatoms. The van der Waals surface area contributed by atoms with Crippen molar-refractivity contribution in [3.63, 3.8) is 0 Å². The fourth-order valence-electron chi connectivity index (χ4n) is 1.67. The van der Waals surface area contributed by atoms with Gasteiger partial charge in [0.05, 0.1) is 17.1 Å². The van der Waals surface area contributed by atoms with Gasteiger partial charge in [-0.1, -0.05) is 6.07 Å². The SMILES string of the molecule is CN(C)c1cccc(Oc2cc([N+](=O)[O-])cc(NN)n2)c1. The Morgan fingerprint density at radius 3 is 2.71 bits per heavy atom. The Balaban J connectivity index is 2.32. The third kappa shape index (κ3) is 3.57. The van der Waals surface area contributed by atoms with Crippen LogP contribution in [0.1, 0.15) is 0 Å². The van der Waals surface area contributed by atoms with E-state index in [9.17, 15) is 10.1 Å². The molecular weight excluding hydrogens is 274 g/mol. The molecule has 0 saturated heterocycles. The number of hydrogen-bond acceptors (Lipinski definition) is 7. The van der Waals surface area contributed by atoms with Crippen LogP contribution in [0, 0.1) is 10.1 Å². The van der Waals surface area contributed by atoms with E-state index in [0.717, 1.165) is 5.69 Å². The number of hydrogen-bond donors (Lipinski definition) is 2. The summed E-state index contributed by atoms with van der Waals surface area (Å²) in [6.07, 6.45) is 0. The van der Waals surface area contributed by atoms with Crippen LogP contribution in [0.2, 0.25) is 0 Å². The van der Waals surface area contributed by atoms with E-state index in [4.69, 9.17) is 10.6 Å². The summed E-state index contributed by atoms with van der Waals surface area (Å²) in [6.45, 7) is 0. The van der Waals surface area contributed by atoms with Crippen LogP contribution >= 0.6 is 0 Å². The van der Waals surface area contributed by atoms with E-state index in [0.29, 0.717) is 5.75 Å². The van der Waals surface area contributed by atoms with Crippen LogP contribution in [0.15, 0.2) is 36.4 Å². The highest BCUT2D eigenvalue weighted by Crippen LogP contribution is 2.28. The molecule has 0 aliphatic heterocycles. The Kier molecular flexibility index (Phi) is 4.19. The number of benzene rings is 1. The number of nitrogen functional groups attached to an aromatic ring is 1. The second kappa shape index (κ2) is 6.06. The fourth-order valence-corrected chi connectivity index (χ4v) is 1.67. The second-order valence-corrected chi connectivity index (χ2v) is 4.44. The summed E-state index contributed by atoms with van der Waals surface area (Å²) in [4.78, 5) is 16.3. The summed E-state index contributed by atoms with van der Waals surface area (Å²) in [5.41, 5.74) is 3.06. The van der Waals surface area contributed by atoms with Crippen LogP contribution in [-0.2, 0) is 0 Å². The van der Waals surface area contributed by atoms with Gasteiger partial charge in [0.1, 0.15) is 5.75 Å². The van der Waals surface area contributed by atoms with Crippen molar-refractivity contribution in [2.45, 2.75) is 0 Å². The molecule has 2 aromatic rings. The maximum absolute atomic E-state index is 10.9. The smallest absolute Gasteiger partial charge is 0.278 e. The van der Waals surface area contributed by atoms with Crippen molar-refractivity contribution in [3.8, 4) is 11.6 Å². The minimum atomic E-state index is -0.536. The van der Waals surface area contributed by atoms with Gasteiger partial charge in [0.25, 0.3) is 5.69 Å². The first-order chi connectivity index (χ1) is 9.99. The monoisotopic (exact) mass is 289 g/mol. The first kappa shape index (κ1) is 14.5. The molecule has 1 aromatic heterocycles. The van der Waals surface area contributed by atoms with Gasteiger partial charge in [0, 0.05) is 25.8 Å². The predicted molar refractivity (Wildman–Crippen MR) is 79.5 cm³/mol. The number of nitrogens with two attached hydrogens (primary N) is 1. The van der Waals surface area contributed by atoms with Crippen LogP contribution in [0.5, 0.6) is 11.6 Å². The van der Waals surface area contributed by atoms with Gasteiger partial charge in [-0.05, 0) is 12.1 Å². The molecule has 0 saturated carbocycles. The van der Waals surface area contributed by atoms with Gasteiger partial charge in [-0.3, -0.25) is 10.1 Å². The third-order valence-electron chi connectivity index (χ3n) is 2.70. The second-order valence-electron chi connectivity index (χ2n) is 4.44. The summed E-state index contributed by atoms with van der Waals surface area (Å²) >= 11 is 0. The van der Waals surface area contributed by atoms with Crippen molar-refractivity contribution in [1.29, 1.82) is 0 Å². The highest BCUT2D eigenvalue weighted by Gasteiger charge is 2.12. The zero-order chi connectivity index (χ0) is 15.4. The quantitative estimate of drug-likeness (QED) is 0.493. The summed E-state index contributed by atoms with van der Waals surface area (Å²) in [7, 11) is 3.81. The molecule has 0 radical (unpaired) electrons. The Labute approximate surface area is 121 Å². The molecule has 0 spiro atoms. The van der Waals surface area contributed by atoms with Crippen molar-refractivity contribution in [1.82, 2.24) is 4.98 Å². The molecule has 8 nitrogen and oxygen atoms in total. The maximum Gasteiger partial charge on any atom is 0.278 e. The van der Waals surface area contributed by atoms with Gasteiger partial charge in [-0.2, -0.15) is 4.98 Å². The lowest BCUT2D eigenvalue weighted by molar-refractivity contribution is -0.384. The van der Waals surface area contributed by atoms with E-state index >= 15 is 0 Å². The first-order valence-corrected chi connectivity index (χ1v) is 6.08. The lowest BCUT2D eigenvalue weighted by Gasteiger charge is -2.13. The van der Waals surface area contributed by atoms with Gasteiger partial charge < -0.3 is 15.1 Å². The number of aromatic nitrogens is 1. The fraction of sp³-hybridized carbons (Fsp3) is 0.154. The van der Waals surface area contributed by atoms with Crippen LogP contribution < -0.4 is 20.9 Å². The minimum Gasteiger partial charge on any atom is -0.439 e. The molecule has 21 heavy (non-hydrogen) atoms. The summed E-state index contributed by atoms with van der Waals surface area (Å²) in [5.74, 6) is 6.02. The molecule has 0 fully saturated rings. The number of rotatable bonds is 5. The van der Waals surface area contributed by atoms with Gasteiger partial charge in [-0.25, -0.2) is 5.84 Å². The van der Waals surface area contributed by atoms with Gasteiger partial charge >= 0.3 is 0 Å². The molecule has 0 aliphatic rings. The molecule has 1 heterocycles. The van der Waals surface area contributed by atoms with Crippen molar-refractivity contribution >= 4 is 17.2 Å². The lowest BCUT2D eigenvalue weighted by atomic mass is 10.3.